The van der Waals surface area contributed by atoms with Crippen molar-refractivity contribution in [1.82, 2.24) is 19.9 Å². The number of aromatic nitrogens is 2. The van der Waals surface area contributed by atoms with Crippen LogP contribution in [0.5, 0.6) is 5.75 Å². The molecule has 1 amide bonds. The van der Waals surface area contributed by atoms with Gasteiger partial charge in [0, 0.05) is 31.7 Å². The number of carbonyl (C=O) groups is 1. The summed E-state index contributed by atoms with van der Waals surface area (Å²) >= 11 is 1.59. The Morgan fingerprint density at radius 1 is 0.970 bits per heavy atom. The largest absolute Gasteiger partial charge is 0.489 e. The highest BCUT2D eigenvalue weighted by Gasteiger charge is 2.23. The summed E-state index contributed by atoms with van der Waals surface area (Å²) in [7, 11) is 0. The third-order valence-corrected chi connectivity index (χ3v) is 6.44. The first-order chi connectivity index (χ1) is 16.2. The second-order valence-corrected chi connectivity index (χ2v) is 8.80. The summed E-state index contributed by atoms with van der Waals surface area (Å²) in [5.41, 5.74) is 1.73. The summed E-state index contributed by atoms with van der Waals surface area (Å²) in [6, 6.07) is 21.3. The molecular weight excluding hydrogens is 436 g/mol. The highest BCUT2D eigenvalue weighted by atomic mass is 32.1. The first-order valence-electron chi connectivity index (χ1n) is 10.9. The molecule has 0 atom stereocenters. The van der Waals surface area contributed by atoms with Gasteiger partial charge in [-0.1, -0.05) is 41.6 Å². The second-order valence-electron chi connectivity index (χ2n) is 7.86. The molecule has 0 radical (unpaired) electrons. The summed E-state index contributed by atoms with van der Waals surface area (Å²) in [6.45, 7) is 3.95. The first kappa shape index (κ1) is 21.4. The van der Waals surface area contributed by atoms with Gasteiger partial charge >= 0.3 is 0 Å². The van der Waals surface area contributed by atoms with Gasteiger partial charge in [0.25, 0.3) is 5.91 Å². The smallest absolute Gasteiger partial charge is 0.253 e. The normalized spacial score (nSPS) is 14.4. The van der Waals surface area contributed by atoms with E-state index in [2.05, 4.69) is 15.0 Å². The van der Waals surface area contributed by atoms with Crippen molar-refractivity contribution in [2.24, 2.45) is 0 Å². The Morgan fingerprint density at radius 2 is 1.76 bits per heavy atom. The molecule has 5 rings (SSSR count). The van der Waals surface area contributed by atoms with Gasteiger partial charge in [0.1, 0.15) is 12.4 Å². The molecule has 8 heteroatoms. The molecule has 168 valence electrons. The molecule has 1 aliphatic rings. The number of carbonyl (C=O) groups excluding carboxylic acids is 1. The molecule has 2 aromatic heterocycles. The van der Waals surface area contributed by atoms with Crippen LogP contribution < -0.4 is 4.74 Å². The monoisotopic (exact) mass is 460 g/mol. The third-order valence-electron chi connectivity index (χ3n) is 5.58. The maximum absolute atomic E-state index is 12.9. The van der Waals surface area contributed by atoms with Gasteiger partial charge in [0.2, 0.25) is 11.7 Å². The SMILES string of the molecule is O=C(c1ccc(COc2ccccc2)cc1)N1CCN(Cc2nc(-c3cccs3)no2)CC1. The van der Waals surface area contributed by atoms with Crippen molar-refractivity contribution in [3.05, 3.63) is 89.1 Å². The number of para-hydroxylation sites is 1. The fourth-order valence-electron chi connectivity index (χ4n) is 3.73. The summed E-state index contributed by atoms with van der Waals surface area (Å²) in [5.74, 6) is 2.12. The maximum Gasteiger partial charge on any atom is 0.253 e. The van der Waals surface area contributed by atoms with Crippen LogP contribution in [0.1, 0.15) is 21.8 Å². The molecule has 1 fully saturated rings. The number of hydrogen-bond acceptors (Lipinski definition) is 7. The van der Waals surface area contributed by atoms with E-state index < -0.39 is 0 Å². The molecule has 0 spiro atoms. The number of benzene rings is 2. The lowest BCUT2D eigenvalue weighted by Gasteiger charge is -2.34. The van der Waals surface area contributed by atoms with Gasteiger partial charge in [-0.2, -0.15) is 4.98 Å². The molecule has 3 heterocycles. The van der Waals surface area contributed by atoms with Gasteiger partial charge in [-0.3, -0.25) is 9.69 Å². The van der Waals surface area contributed by atoms with Crippen molar-refractivity contribution >= 4 is 17.2 Å². The van der Waals surface area contributed by atoms with Gasteiger partial charge in [0.05, 0.1) is 11.4 Å². The molecule has 0 saturated carbocycles. The Bertz CT molecular complexity index is 1170. The van der Waals surface area contributed by atoms with Crippen LogP contribution in [0.4, 0.5) is 0 Å². The summed E-state index contributed by atoms with van der Waals surface area (Å²) in [5, 5.41) is 6.06. The highest BCUT2D eigenvalue weighted by molar-refractivity contribution is 7.13. The van der Waals surface area contributed by atoms with E-state index >= 15 is 0 Å². The maximum atomic E-state index is 12.9. The molecule has 7 nitrogen and oxygen atoms in total. The van der Waals surface area contributed by atoms with Crippen LogP contribution in [0.2, 0.25) is 0 Å². The zero-order chi connectivity index (χ0) is 22.5. The molecular formula is C25H24N4O3S. The lowest BCUT2D eigenvalue weighted by atomic mass is 10.1. The zero-order valence-electron chi connectivity index (χ0n) is 18.1. The fourth-order valence-corrected chi connectivity index (χ4v) is 4.38. The lowest BCUT2D eigenvalue weighted by Crippen LogP contribution is -2.48. The third kappa shape index (κ3) is 5.30. The predicted octanol–water partition coefficient (Wildman–Crippen LogP) is 4.34. The zero-order valence-corrected chi connectivity index (χ0v) is 18.9. The van der Waals surface area contributed by atoms with Crippen LogP contribution in [0.15, 0.2) is 76.6 Å². The van der Waals surface area contributed by atoms with Crippen molar-refractivity contribution in [3.8, 4) is 16.5 Å². The number of thiophene rings is 1. The van der Waals surface area contributed by atoms with Crippen LogP contribution in [0, 0.1) is 0 Å². The molecule has 1 saturated heterocycles. The Balaban J connectivity index is 1.11. The van der Waals surface area contributed by atoms with Gasteiger partial charge in [-0.25, -0.2) is 0 Å². The molecule has 4 aromatic rings. The van der Waals surface area contributed by atoms with Crippen molar-refractivity contribution in [2.45, 2.75) is 13.2 Å². The van der Waals surface area contributed by atoms with Gasteiger partial charge < -0.3 is 14.2 Å². The van der Waals surface area contributed by atoms with E-state index in [4.69, 9.17) is 9.26 Å². The minimum Gasteiger partial charge on any atom is -0.489 e. The van der Waals surface area contributed by atoms with Crippen LogP contribution in [-0.2, 0) is 13.2 Å². The Labute approximate surface area is 196 Å². The van der Waals surface area contributed by atoms with Crippen LogP contribution in [0.25, 0.3) is 10.7 Å². The van der Waals surface area contributed by atoms with Crippen molar-refractivity contribution < 1.29 is 14.1 Å². The number of nitrogens with zero attached hydrogens (tertiary/aromatic N) is 4. The predicted molar refractivity (Wildman–Crippen MR) is 126 cm³/mol. The van der Waals surface area contributed by atoms with Crippen LogP contribution >= 0.6 is 11.3 Å². The number of rotatable bonds is 7. The Morgan fingerprint density at radius 3 is 2.48 bits per heavy atom. The quantitative estimate of drug-likeness (QED) is 0.409. The highest BCUT2D eigenvalue weighted by Crippen LogP contribution is 2.22. The molecule has 2 aromatic carbocycles. The van der Waals surface area contributed by atoms with Gasteiger partial charge in [-0.05, 0) is 41.3 Å². The summed E-state index contributed by atoms with van der Waals surface area (Å²) in [6.07, 6.45) is 0. The summed E-state index contributed by atoms with van der Waals surface area (Å²) < 4.78 is 11.2. The van der Waals surface area contributed by atoms with E-state index in [0.717, 1.165) is 29.3 Å². The minimum absolute atomic E-state index is 0.0583. The first-order valence-corrected chi connectivity index (χ1v) is 11.8. The van der Waals surface area contributed by atoms with Crippen LogP contribution in [-0.4, -0.2) is 52.0 Å². The average molecular weight is 461 g/mol. The van der Waals surface area contributed by atoms with Crippen molar-refractivity contribution in [3.63, 3.8) is 0 Å². The Hall–Kier alpha value is -3.49. The van der Waals surface area contributed by atoms with E-state index in [9.17, 15) is 4.79 Å². The van der Waals surface area contributed by atoms with Gasteiger partial charge in [-0.15, -0.1) is 11.3 Å². The lowest BCUT2D eigenvalue weighted by molar-refractivity contribution is 0.0615. The molecule has 0 unspecified atom stereocenters. The van der Waals surface area contributed by atoms with Gasteiger partial charge in [0.15, 0.2) is 0 Å². The molecule has 33 heavy (non-hydrogen) atoms. The van der Waals surface area contributed by atoms with E-state index in [1.807, 2.05) is 77.0 Å². The molecule has 1 aliphatic heterocycles. The van der Waals surface area contributed by atoms with E-state index in [1.54, 1.807) is 11.3 Å². The number of piperazine rings is 1. The van der Waals surface area contributed by atoms with Crippen molar-refractivity contribution in [1.29, 1.82) is 0 Å². The minimum atomic E-state index is 0.0583. The van der Waals surface area contributed by atoms with E-state index in [1.165, 1.54) is 0 Å². The number of ether oxygens (including phenoxy) is 1. The van der Waals surface area contributed by atoms with E-state index in [0.29, 0.717) is 43.5 Å². The summed E-state index contributed by atoms with van der Waals surface area (Å²) in [4.78, 5) is 22.6. The molecule has 0 aliphatic carbocycles. The average Bonchev–Trinajstić information content (AvgIpc) is 3.56. The van der Waals surface area contributed by atoms with E-state index in [-0.39, 0.29) is 5.91 Å². The Kier molecular flexibility index (Phi) is 6.46. The number of hydrogen-bond donors (Lipinski definition) is 0. The molecule has 0 N–H and O–H groups in total. The van der Waals surface area contributed by atoms with Crippen LogP contribution in [0.3, 0.4) is 0 Å². The fraction of sp³-hybridized carbons (Fsp3) is 0.240. The standard InChI is InChI=1S/C25H24N4O3S/c30-25(20-10-8-19(9-11-20)18-31-21-5-2-1-3-6-21)29-14-12-28(13-15-29)17-23-26-24(27-32-23)22-7-4-16-33-22/h1-11,16H,12-15,17-18H2. The number of amides is 1. The molecule has 0 bridgehead atoms. The second kappa shape index (κ2) is 9.97. The van der Waals surface area contributed by atoms with Crippen molar-refractivity contribution in [2.75, 3.05) is 26.2 Å². The topological polar surface area (TPSA) is 71.7 Å².